The van der Waals surface area contributed by atoms with Crippen molar-refractivity contribution < 1.29 is 27.9 Å². The highest BCUT2D eigenvalue weighted by atomic mass is 19.4. The molecule has 0 aliphatic rings. The first-order valence-corrected chi connectivity index (χ1v) is 8.75. The van der Waals surface area contributed by atoms with Gasteiger partial charge in [-0.1, -0.05) is 42.5 Å². The second kappa shape index (κ2) is 8.30. The van der Waals surface area contributed by atoms with E-state index in [9.17, 15) is 27.9 Å². The van der Waals surface area contributed by atoms with Crippen molar-refractivity contribution in [2.24, 2.45) is 0 Å². The normalized spacial score (nSPS) is 12.5. The number of benzene rings is 2. The fourth-order valence-electron chi connectivity index (χ4n) is 2.92. The molecule has 1 heterocycles. The highest BCUT2D eigenvalue weighted by molar-refractivity contribution is 5.85. The van der Waals surface area contributed by atoms with Crippen molar-refractivity contribution >= 4 is 22.8 Å². The van der Waals surface area contributed by atoms with E-state index >= 15 is 0 Å². The Morgan fingerprint density at radius 3 is 2.52 bits per heavy atom. The lowest BCUT2D eigenvalue weighted by atomic mass is 10.1. The molecule has 0 spiro atoms. The maximum atomic E-state index is 12.8. The second-order valence-electron chi connectivity index (χ2n) is 6.53. The average molecular weight is 402 g/mol. The van der Waals surface area contributed by atoms with Crippen LogP contribution in [-0.2, 0) is 28.6 Å². The summed E-state index contributed by atoms with van der Waals surface area (Å²) in [4.78, 5) is 28.2. The van der Waals surface area contributed by atoms with E-state index in [0.717, 1.165) is 17.5 Å². The molecule has 1 aromatic heterocycles. The largest absolute Gasteiger partial charge is 0.480 e. The SMILES string of the molecule is O=C(Cc1cccc(C(F)(F)F)c1)N[C@H](Cc1ccc2ccccc2n1)C(=O)O. The summed E-state index contributed by atoms with van der Waals surface area (Å²) < 4.78 is 38.4. The fourth-order valence-corrected chi connectivity index (χ4v) is 2.92. The molecule has 2 aromatic carbocycles. The van der Waals surface area contributed by atoms with Crippen molar-refractivity contribution in [3.63, 3.8) is 0 Å². The molecule has 0 fully saturated rings. The summed E-state index contributed by atoms with van der Waals surface area (Å²) in [5.41, 5.74) is 0.461. The molecule has 0 saturated carbocycles. The van der Waals surface area contributed by atoms with Crippen LogP contribution in [0.3, 0.4) is 0 Å². The minimum atomic E-state index is -4.52. The Labute approximate surface area is 164 Å². The molecule has 0 unspecified atom stereocenters. The Balaban J connectivity index is 1.70. The Hall–Kier alpha value is -3.42. The molecule has 3 aromatic rings. The van der Waals surface area contributed by atoms with Crippen LogP contribution in [0.5, 0.6) is 0 Å². The average Bonchev–Trinajstić information content (AvgIpc) is 2.67. The molecule has 5 nitrogen and oxygen atoms in total. The maximum absolute atomic E-state index is 12.8. The van der Waals surface area contributed by atoms with Crippen molar-refractivity contribution in [3.05, 3.63) is 77.5 Å². The summed E-state index contributed by atoms with van der Waals surface area (Å²) in [5, 5.41) is 12.7. The number of hydrogen-bond acceptors (Lipinski definition) is 3. The van der Waals surface area contributed by atoms with Gasteiger partial charge in [-0.2, -0.15) is 13.2 Å². The van der Waals surface area contributed by atoms with Crippen molar-refractivity contribution in [1.29, 1.82) is 0 Å². The first kappa shape index (κ1) is 20.3. The van der Waals surface area contributed by atoms with Gasteiger partial charge in [-0.3, -0.25) is 9.78 Å². The Kier molecular flexibility index (Phi) is 5.81. The predicted molar refractivity (Wildman–Crippen MR) is 100 cm³/mol. The van der Waals surface area contributed by atoms with Crippen LogP contribution in [0.1, 0.15) is 16.8 Å². The number of amides is 1. The monoisotopic (exact) mass is 402 g/mol. The fraction of sp³-hybridized carbons (Fsp3) is 0.190. The number of carboxylic acid groups (broad SMARTS) is 1. The minimum absolute atomic E-state index is 0.0471. The van der Waals surface area contributed by atoms with Crippen LogP contribution in [-0.4, -0.2) is 28.0 Å². The molecule has 0 saturated heterocycles. The molecule has 8 heteroatoms. The standard InChI is InChI=1S/C21H17F3N2O3/c22-21(23,24)15-6-3-4-13(10-15)11-19(27)26-18(20(28)29)12-16-9-8-14-5-1-2-7-17(14)25-16/h1-10,18H,11-12H2,(H,26,27)(H,28,29)/t18-/m1/s1. The first-order valence-electron chi connectivity index (χ1n) is 8.75. The van der Waals surface area contributed by atoms with Gasteiger partial charge in [0.1, 0.15) is 6.04 Å². The van der Waals surface area contributed by atoms with E-state index in [4.69, 9.17) is 0 Å². The van der Waals surface area contributed by atoms with Gasteiger partial charge in [0.25, 0.3) is 0 Å². The lowest BCUT2D eigenvalue weighted by molar-refractivity contribution is -0.141. The van der Waals surface area contributed by atoms with Gasteiger partial charge in [0.05, 0.1) is 17.5 Å². The quantitative estimate of drug-likeness (QED) is 0.660. The van der Waals surface area contributed by atoms with E-state index < -0.39 is 29.7 Å². The van der Waals surface area contributed by atoms with E-state index in [0.29, 0.717) is 11.2 Å². The van der Waals surface area contributed by atoms with Crippen molar-refractivity contribution in [2.75, 3.05) is 0 Å². The number of nitrogens with one attached hydrogen (secondary N) is 1. The number of fused-ring (bicyclic) bond motifs is 1. The third kappa shape index (κ3) is 5.31. The topological polar surface area (TPSA) is 79.3 Å². The number of para-hydroxylation sites is 1. The van der Waals surface area contributed by atoms with Gasteiger partial charge in [-0.05, 0) is 23.8 Å². The summed E-state index contributed by atoms with van der Waals surface area (Å²) in [6.07, 6.45) is -4.93. The van der Waals surface area contributed by atoms with Crippen molar-refractivity contribution in [1.82, 2.24) is 10.3 Å². The number of halogens is 3. The van der Waals surface area contributed by atoms with Gasteiger partial charge >= 0.3 is 12.1 Å². The maximum Gasteiger partial charge on any atom is 0.416 e. The van der Waals surface area contributed by atoms with Crippen LogP contribution in [0.25, 0.3) is 10.9 Å². The highest BCUT2D eigenvalue weighted by Crippen LogP contribution is 2.29. The van der Waals surface area contributed by atoms with Crippen molar-refractivity contribution in [2.45, 2.75) is 25.1 Å². The molecule has 2 N–H and O–H groups in total. The molecule has 150 valence electrons. The first-order chi connectivity index (χ1) is 13.7. The van der Waals surface area contributed by atoms with Gasteiger partial charge in [0, 0.05) is 17.5 Å². The van der Waals surface area contributed by atoms with E-state index in [1.807, 2.05) is 18.2 Å². The zero-order valence-electron chi connectivity index (χ0n) is 15.1. The number of carbonyl (C=O) groups is 2. The molecule has 0 bridgehead atoms. The van der Waals surface area contributed by atoms with Crippen LogP contribution in [0.4, 0.5) is 13.2 Å². The number of aromatic nitrogens is 1. The number of pyridine rings is 1. The number of alkyl halides is 3. The lowest BCUT2D eigenvalue weighted by Gasteiger charge is -2.15. The Morgan fingerprint density at radius 2 is 1.79 bits per heavy atom. The zero-order chi connectivity index (χ0) is 21.0. The van der Waals surface area contributed by atoms with E-state index in [-0.39, 0.29) is 18.4 Å². The number of nitrogens with zero attached hydrogens (tertiary/aromatic N) is 1. The molecule has 3 rings (SSSR count). The van der Waals surface area contributed by atoms with Crippen LogP contribution >= 0.6 is 0 Å². The summed E-state index contributed by atoms with van der Waals surface area (Å²) in [5.74, 6) is -1.94. The third-order valence-electron chi connectivity index (χ3n) is 4.32. The molecule has 0 radical (unpaired) electrons. The molecule has 1 atom stereocenters. The minimum Gasteiger partial charge on any atom is -0.480 e. The van der Waals surface area contributed by atoms with E-state index in [1.54, 1.807) is 18.2 Å². The molecule has 0 aliphatic carbocycles. The van der Waals surface area contributed by atoms with Gasteiger partial charge in [0.2, 0.25) is 5.91 Å². The number of rotatable bonds is 6. The van der Waals surface area contributed by atoms with Gasteiger partial charge in [-0.25, -0.2) is 4.79 Å². The summed E-state index contributed by atoms with van der Waals surface area (Å²) in [6, 6.07) is 13.9. The summed E-state index contributed by atoms with van der Waals surface area (Å²) in [6.45, 7) is 0. The summed E-state index contributed by atoms with van der Waals surface area (Å²) >= 11 is 0. The predicted octanol–water partition coefficient (Wildman–Crippen LogP) is 3.61. The molecule has 1 amide bonds. The van der Waals surface area contributed by atoms with Gasteiger partial charge in [-0.15, -0.1) is 0 Å². The summed E-state index contributed by atoms with van der Waals surface area (Å²) in [7, 11) is 0. The van der Waals surface area contributed by atoms with Crippen molar-refractivity contribution in [3.8, 4) is 0 Å². The van der Waals surface area contributed by atoms with Gasteiger partial charge < -0.3 is 10.4 Å². The Bertz CT molecular complexity index is 1050. The number of carboxylic acids is 1. The Morgan fingerprint density at radius 1 is 1.03 bits per heavy atom. The van der Waals surface area contributed by atoms with Crippen LogP contribution < -0.4 is 5.32 Å². The molecular weight excluding hydrogens is 385 g/mol. The number of hydrogen-bond donors (Lipinski definition) is 2. The molecule has 29 heavy (non-hydrogen) atoms. The van der Waals surface area contributed by atoms with Crippen LogP contribution in [0.15, 0.2) is 60.7 Å². The third-order valence-corrected chi connectivity index (χ3v) is 4.32. The van der Waals surface area contributed by atoms with E-state index in [1.165, 1.54) is 12.1 Å². The van der Waals surface area contributed by atoms with E-state index in [2.05, 4.69) is 10.3 Å². The zero-order valence-corrected chi connectivity index (χ0v) is 15.1. The number of carbonyl (C=O) groups excluding carboxylic acids is 1. The second-order valence-corrected chi connectivity index (χ2v) is 6.53. The van der Waals surface area contributed by atoms with Gasteiger partial charge in [0.15, 0.2) is 0 Å². The lowest BCUT2D eigenvalue weighted by Crippen LogP contribution is -2.43. The number of aliphatic carboxylic acids is 1. The highest BCUT2D eigenvalue weighted by Gasteiger charge is 2.30. The van der Waals surface area contributed by atoms with Crippen LogP contribution in [0.2, 0.25) is 0 Å². The molecular formula is C21H17F3N2O3. The van der Waals surface area contributed by atoms with Crippen LogP contribution in [0, 0.1) is 0 Å². The molecule has 0 aliphatic heterocycles. The smallest absolute Gasteiger partial charge is 0.416 e.